The summed E-state index contributed by atoms with van der Waals surface area (Å²) < 4.78 is 10.8. The molecular weight excluding hydrogens is 484 g/mol. The predicted molar refractivity (Wildman–Crippen MR) is 159 cm³/mol. The number of carbonyl (C=O) groups is 1. The third kappa shape index (κ3) is 5.22. The topological polar surface area (TPSA) is 50.8 Å². The van der Waals surface area contributed by atoms with E-state index in [-0.39, 0.29) is 17.1 Å². The van der Waals surface area contributed by atoms with Crippen LogP contribution in [0.4, 0.5) is 5.69 Å². The number of nitrogens with one attached hydrogen (secondary N) is 1. The maximum Gasteiger partial charge on any atom is 0.188 e. The number of methoxy groups -OCH3 is 2. The molecule has 1 N–H and O–H groups in total. The van der Waals surface area contributed by atoms with Gasteiger partial charge in [0, 0.05) is 48.2 Å². The minimum atomic E-state index is -0.337. The molecule has 39 heavy (non-hydrogen) atoms. The average molecular weight is 521 g/mol. The number of benzene rings is 3. The Balaban J connectivity index is 1.59. The summed E-state index contributed by atoms with van der Waals surface area (Å²) in [7, 11) is 7.38. The summed E-state index contributed by atoms with van der Waals surface area (Å²) in [5.74, 6) is 1.51. The van der Waals surface area contributed by atoms with Crippen LogP contribution in [-0.4, -0.2) is 34.1 Å². The highest BCUT2D eigenvalue weighted by molar-refractivity contribution is 6.15. The maximum absolute atomic E-state index is 14.3. The number of dihydropyridines is 1. The molecule has 0 spiro atoms. The molecule has 5 heteroatoms. The van der Waals surface area contributed by atoms with Gasteiger partial charge in [0.1, 0.15) is 11.5 Å². The Hall–Kier alpha value is -4.25. The van der Waals surface area contributed by atoms with E-state index in [1.165, 1.54) is 0 Å². The van der Waals surface area contributed by atoms with Crippen molar-refractivity contribution in [3.63, 3.8) is 0 Å². The molecule has 5 rings (SSSR count). The number of rotatable bonds is 6. The Labute approximate surface area is 231 Å². The van der Waals surface area contributed by atoms with Crippen molar-refractivity contribution in [1.29, 1.82) is 0 Å². The number of nitrogens with zero attached hydrogens (tertiary/aromatic N) is 1. The van der Waals surface area contributed by atoms with E-state index < -0.39 is 0 Å². The lowest BCUT2D eigenvalue weighted by molar-refractivity contribution is -0.113. The minimum absolute atomic E-state index is 0.0938. The molecule has 1 heterocycles. The van der Waals surface area contributed by atoms with Crippen molar-refractivity contribution in [2.45, 2.75) is 26.2 Å². The van der Waals surface area contributed by atoms with Gasteiger partial charge in [-0.3, -0.25) is 4.79 Å². The molecule has 1 unspecified atom stereocenters. The second-order valence-electron chi connectivity index (χ2n) is 11.0. The molecule has 0 amide bonds. The fourth-order valence-electron chi connectivity index (χ4n) is 5.43. The molecule has 0 saturated heterocycles. The third-order valence-electron chi connectivity index (χ3n) is 7.69. The maximum atomic E-state index is 14.3. The highest BCUT2D eigenvalue weighted by Crippen LogP contribution is 2.48. The summed E-state index contributed by atoms with van der Waals surface area (Å²) in [6.45, 7) is 4.31. The average Bonchev–Trinajstić information content (AvgIpc) is 2.94. The first-order chi connectivity index (χ1) is 18.7. The zero-order valence-electron chi connectivity index (χ0n) is 23.5. The number of carbonyl (C=O) groups excluding carboxylic acids is 1. The van der Waals surface area contributed by atoms with Crippen LogP contribution < -0.4 is 19.7 Å². The first-order valence-corrected chi connectivity index (χ1v) is 13.2. The van der Waals surface area contributed by atoms with E-state index in [4.69, 9.17) is 9.47 Å². The van der Waals surface area contributed by atoms with E-state index in [0.29, 0.717) is 0 Å². The van der Waals surface area contributed by atoms with Crippen molar-refractivity contribution in [2.75, 3.05) is 33.2 Å². The smallest absolute Gasteiger partial charge is 0.188 e. The molecule has 200 valence electrons. The monoisotopic (exact) mass is 520 g/mol. The van der Waals surface area contributed by atoms with Gasteiger partial charge in [-0.2, -0.15) is 0 Å². The number of ether oxygens (including phenoxy) is 2. The van der Waals surface area contributed by atoms with Crippen molar-refractivity contribution in [1.82, 2.24) is 5.32 Å². The van der Waals surface area contributed by atoms with Gasteiger partial charge in [-0.1, -0.05) is 38.1 Å². The van der Waals surface area contributed by atoms with Crippen LogP contribution in [0.15, 0.2) is 95.7 Å². The molecule has 0 aromatic heterocycles. The molecule has 5 nitrogen and oxygen atoms in total. The van der Waals surface area contributed by atoms with Crippen LogP contribution >= 0.6 is 0 Å². The Kier molecular flexibility index (Phi) is 7.09. The van der Waals surface area contributed by atoms with Crippen LogP contribution in [0.3, 0.4) is 0 Å². The fraction of sp³-hybridized carbons (Fsp3) is 0.265. The molecule has 1 atom stereocenters. The first kappa shape index (κ1) is 26.4. The quantitative estimate of drug-likeness (QED) is 0.361. The Bertz CT molecular complexity index is 1460. The van der Waals surface area contributed by atoms with E-state index >= 15 is 0 Å². The summed E-state index contributed by atoms with van der Waals surface area (Å²) >= 11 is 0. The number of hydrogen-bond acceptors (Lipinski definition) is 5. The molecule has 0 saturated carbocycles. The van der Waals surface area contributed by atoms with E-state index in [2.05, 4.69) is 72.6 Å². The predicted octanol–water partition coefficient (Wildman–Crippen LogP) is 6.83. The molecule has 3 aromatic rings. The van der Waals surface area contributed by atoms with Gasteiger partial charge < -0.3 is 19.7 Å². The zero-order chi connectivity index (χ0) is 27.7. The van der Waals surface area contributed by atoms with Gasteiger partial charge in [-0.05, 0) is 89.2 Å². The first-order valence-electron chi connectivity index (χ1n) is 13.2. The molecular formula is C34H36N2O3. The van der Waals surface area contributed by atoms with Gasteiger partial charge in [-0.25, -0.2) is 0 Å². The van der Waals surface area contributed by atoms with E-state index in [1.807, 2.05) is 50.5 Å². The SMILES string of the molecule is COc1ccc(C2=CC(c3ccc(OC)cc3)C3=C(CC(C)(C)/C(=C/c4ccc(N(C)C)cc4)C3=O)N2)cc1. The largest absolute Gasteiger partial charge is 0.497 e. The van der Waals surface area contributed by atoms with Crippen LogP contribution in [0.5, 0.6) is 11.5 Å². The van der Waals surface area contributed by atoms with Crippen LogP contribution in [0.2, 0.25) is 0 Å². The number of Topliss-reactive ketones (excluding diaryl/α,β-unsaturated/α-hetero) is 1. The second-order valence-corrected chi connectivity index (χ2v) is 11.0. The second kappa shape index (κ2) is 10.5. The van der Waals surface area contributed by atoms with E-state index in [1.54, 1.807) is 14.2 Å². The molecule has 2 aliphatic rings. The van der Waals surface area contributed by atoms with Crippen LogP contribution in [-0.2, 0) is 4.79 Å². The van der Waals surface area contributed by atoms with Crippen molar-refractivity contribution in [2.24, 2.45) is 5.41 Å². The van der Waals surface area contributed by atoms with Crippen LogP contribution in [0.1, 0.15) is 42.9 Å². The third-order valence-corrected chi connectivity index (χ3v) is 7.69. The van der Waals surface area contributed by atoms with E-state index in [0.717, 1.165) is 62.8 Å². The summed E-state index contributed by atoms with van der Waals surface area (Å²) in [5, 5.41) is 3.64. The van der Waals surface area contributed by atoms with Gasteiger partial charge in [0.15, 0.2) is 5.78 Å². The normalized spacial score (nSPS) is 19.2. The van der Waals surface area contributed by atoms with Gasteiger partial charge in [-0.15, -0.1) is 0 Å². The van der Waals surface area contributed by atoms with Crippen molar-refractivity contribution in [3.8, 4) is 11.5 Å². The summed E-state index contributed by atoms with van der Waals surface area (Å²) in [6.07, 6.45) is 4.97. The van der Waals surface area contributed by atoms with Crippen molar-refractivity contribution in [3.05, 3.63) is 112 Å². The number of allylic oxidation sites excluding steroid dienone is 4. The highest BCUT2D eigenvalue weighted by atomic mass is 16.5. The number of anilines is 1. The lowest BCUT2D eigenvalue weighted by Crippen LogP contribution is -2.37. The molecule has 0 bridgehead atoms. The Morgan fingerprint density at radius 3 is 2.03 bits per heavy atom. The molecule has 1 aliphatic carbocycles. The van der Waals surface area contributed by atoms with Gasteiger partial charge >= 0.3 is 0 Å². The number of ketones is 1. The lowest BCUT2D eigenvalue weighted by Gasteiger charge is -2.40. The van der Waals surface area contributed by atoms with Crippen LogP contribution in [0, 0.1) is 5.41 Å². The van der Waals surface area contributed by atoms with Gasteiger partial charge in [0.05, 0.1) is 14.2 Å². The van der Waals surface area contributed by atoms with Crippen molar-refractivity contribution < 1.29 is 14.3 Å². The van der Waals surface area contributed by atoms with E-state index in [9.17, 15) is 4.79 Å². The van der Waals surface area contributed by atoms with Gasteiger partial charge in [0.25, 0.3) is 0 Å². The zero-order valence-corrected chi connectivity index (χ0v) is 23.5. The summed E-state index contributed by atoms with van der Waals surface area (Å²) in [6, 6.07) is 24.4. The standard InChI is InChI=1S/C34H36N2O3/c1-34(2)21-31-32(33(37)29(34)19-22-7-13-25(14-8-22)36(3)4)28(23-9-15-26(38-5)16-10-23)20-30(35-31)24-11-17-27(39-6)18-12-24/h7-20,28,35H,21H2,1-6H3/b29-19+. The minimum Gasteiger partial charge on any atom is -0.497 e. The molecule has 1 aliphatic heterocycles. The fourth-order valence-corrected chi connectivity index (χ4v) is 5.43. The Morgan fingerprint density at radius 2 is 1.46 bits per heavy atom. The van der Waals surface area contributed by atoms with Gasteiger partial charge in [0.2, 0.25) is 0 Å². The highest BCUT2D eigenvalue weighted by Gasteiger charge is 2.42. The molecule has 0 fully saturated rings. The summed E-state index contributed by atoms with van der Waals surface area (Å²) in [5.41, 5.74) is 7.55. The number of hydrogen-bond donors (Lipinski definition) is 1. The molecule has 0 radical (unpaired) electrons. The molecule has 3 aromatic carbocycles. The summed E-state index contributed by atoms with van der Waals surface area (Å²) in [4.78, 5) is 16.4. The Morgan fingerprint density at radius 1 is 0.872 bits per heavy atom. The van der Waals surface area contributed by atoms with Crippen LogP contribution in [0.25, 0.3) is 11.8 Å². The lowest BCUT2D eigenvalue weighted by atomic mass is 9.67. The van der Waals surface area contributed by atoms with Crippen molar-refractivity contribution >= 4 is 23.2 Å².